The highest BCUT2D eigenvalue weighted by molar-refractivity contribution is 4.96. The van der Waals surface area contributed by atoms with E-state index in [9.17, 15) is 0 Å². The Hall–Kier alpha value is -0.120. The molecule has 4 atom stereocenters. The van der Waals surface area contributed by atoms with E-state index < -0.39 is 0 Å². The van der Waals surface area contributed by atoms with E-state index in [-0.39, 0.29) is 5.60 Å². The predicted octanol–water partition coefficient (Wildman–Crippen LogP) is 1.71. The summed E-state index contributed by atoms with van der Waals surface area (Å²) in [6.45, 7) is 9.59. The molecule has 0 aromatic heterocycles. The summed E-state index contributed by atoms with van der Waals surface area (Å²) in [7, 11) is 0. The van der Waals surface area contributed by atoms with Crippen LogP contribution in [-0.4, -0.2) is 36.5 Å². The Balaban J connectivity index is 2.06. The summed E-state index contributed by atoms with van der Waals surface area (Å²) in [6.07, 6.45) is 2.96. The maximum atomic E-state index is 6.23. The van der Waals surface area contributed by atoms with Gasteiger partial charge in [0.2, 0.25) is 0 Å². The van der Waals surface area contributed by atoms with Gasteiger partial charge in [-0.15, -0.1) is 0 Å². The van der Waals surface area contributed by atoms with Crippen LogP contribution in [0.2, 0.25) is 0 Å². The summed E-state index contributed by atoms with van der Waals surface area (Å²) in [6, 6.07) is 0.462. The summed E-state index contributed by atoms with van der Waals surface area (Å²) in [5.41, 5.74) is 0.0169. The fourth-order valence-electron chi connectivity index (χ4n) is 2.92. The molecule has 0 aromatic carbocycles. The van der Waals surface area contributed by atoms with Crippen LogP contribution in [0, 0.1) is 0 Å². The predicted molar refractivity (Wildman–Crippen MR) is 60.0 cm³/mol. The van der Waals surface area contributed by atoms with Crippen molar-refractivity contribution in [2.45, 2.75) is 70.5 Å². The first-order valence-electron chi connectivity index (χ1n) is 6.07. The van der Waals surface area contributed by atoms with Gasteiger partial charge in [-0.25, -0.2) is 0 Å². The number of hydrogen-bond donors (Lipinski definition) is 1. The van der Waals surface area contributed by atoms with Crippen molar-refractivity contribution in [3.63, 3.8) is 0 Å². The number of ether oxygens (including phenoxy) is 2. The zero-order valence-electron chi connectivity index (χ0n) is 10.2. The Bertz CT molecular complexity index is 222. The molecule has 3 nitrogen and oxygen atoms in total. The van der Waals surface area contributed by atoms with Crippen molar-refractivity contribution in [1.82, 2.24) is 5.32 Å². The lowest BCUT2D eigenvalue weighted by molar-refractivity contribution is -0.197. The highest BCUT2D eigenvalue weighted by Crippen LogP contribution is 2.35. The van der Waals surface area contributed by atoms with E-state index in [2.05, 4.69) is 33.0 Å². The van der Waals surface area contributed by atoms with Crippen molar-refractivity contribution in [2.24, 2.45) is 0 Å². The maximum Gasteiger partial charge on any atom is 0.0859 e. The summed E-state index contributed by atoms with van der Waals surface area (Å²) >= 11 is 0. The smallest absolute Gasteiger partial charge is 0.0859 e. The summed E-state index contributed by atoms with van der Waals surface area (Å²) in [5.74, 6) is 0. The molecule has 0 amide bonds. The van der Waals surface area contributed by atoms with E-state index in [0.717, 1.165) is 19.4 Å². The van der Waals surface area contributed by atoms with Crippen LogP contribution in [-0.2, 0) is 9.47 Å². The van der Waals surface area contributed by atoms with Gasteiger partial charge in [0.1, 0.15) is 0 Å². The Morgan fingerprint density at radius 2 is 1.67 bits per heavy atom. The van der Waals surface area contributed by atoms with Gasteiger partial charge >= 0.3 is 0 Å². The molecule has 15 heavy (non-hydrogen) atoms. The average Bonchev–Trinajstić information content (AvgIpc) is 2.10. The number of hydrogen-bond acceptors (Lipinski definition) is 3. The van der Waals surface area contributed by atoms with Crippen molar-refractivity contribution < 1.29 is 9.47 Å². The Labute approximate surface area is 92.5 Å². The molecule has 2 saturated heterocycles. The Morgan fingerprint density at radius 1 is 1.07 bits per heavy atom. The standard InChI is InChI=1S/C12H23NO2/c1-8-5-12(6-9(2)14-8)7-13-10(3)11(4)15-12/h8-11,13H,5-7H2,1-4H3. The molecule has 2 heterocycles. The number of rotatable bonds is 0. The lowest BCUT2D eigenvalue weighted by atomic mass is 9.85. The van der Waals surface area contributed by atoms with Gasteiger partial charge in [-0.05, 0) is 27.7 Å². The van der Waals surface area contributed by atoms with E-state index in [1.54, 1.807) is 0 Å². The molecule has 1 N–H and O–H groups in total. The number of morpholine rings is 1. The second kappa shape index (κ2) is 4.04. The third-order valence-electron chi connectivity index (χ3n) is 3.67. The van der Waals surface area contributed by atoms with Crippen LogP contribution in [0.5, 0.6) is 0 Å². The van der Waals surface area contributed by atoms with Gasteiger partial charge < -0.3 is 14.8 Å². The zero-order chi connectivity index (χ0) is 11.1. The molecule has 1 spiro atoms. The highest BCUT2D eigenvalue weighted by atomic mass is 16.5. The quantitative estimate of drug-likeness (QED) is 0.664. The molecule has 3 heteroatoms. The molecule has 2 fully saturated rings. The largest absolute Gasteiger partial charge is 0.375 e. The minimum atomic E-state index is 0.0169. The molecule has 0 saturated carbocycles. The second-order valence-electron chi connectivity index (χ2n) is 5.34. The van der Waals surface area contributed by atoms with Crippen LogP contribution in [0.1, 0.15) is 40.5 Å². The first-order chi connectivity index (χ1) is 7.01. The minimum absolute atomic E-state index is 0.0169. The summed E-state index contributed by atoms with van der Waals surface area (Å²) in [4.78, 5) is 0. The van der Waals surface area contributed by atoms with E-state index >= 15 is 0 Å². The van der Waals surface area contributed by atoms with Crippen LogP contribution >= 0.6 is 0 Å². The first kappa shape index (κ1) is 11.4. The lowest BCUT2D eigenvalue weighted by Gasteiger charge is -2.49. The average molecular weight is 213 g/mol. The summed E-state index contributed by atoms with van der Waals surface area (Å²) in [5, 5.41) is 3.55. The van der Waals surface area contributed by atoms with Crippen molar-refractivity contribution in [3.05, 3.63) is 0 Å². The maximum absolute atomic E-state index is 6.23. The molecule has 4 unspecified atom stereocenters. The molecule has 2 aliphatic rings. The Kier molecular flexibility index (Phi) is 3.06. The van der Waals surface area contributed by atoms with Crippen molar-refractivity contribution >= 4 is 0 Å². The normalized spacial score (nSPS) is 52.0. The van der Waals surface area contributed by atoms with Gasteiger partial charge in [0.15, 0.2) is 0 Å². The van der Waals surface area contributed by atoms with Crippen molar-refractivity contribution in [3.8, 4) is 0 Å². The minimum Gasteiger partial charge on any atom is -0.375 e. The van der Waals surface area contributed by atoms with Gasteiger partial charge in [0, 0.05) is 25.4 Å². The molecule has 0 aliphatic carbocycles. The lowest BCUT2D eigenvalue weighted by Crippen LogP contribution is -2.61. The monoisotopic (exact) mass is 213 g/mol. The second-order valence-corrected chi connectivity index (χ2v) is 5.34. The molecule has 2 rings (SSSR count). The van der Waals surface area contributed by atoms with E-state index in [4.69, 9.17) is 9.47 Å². The van der Waals surface area contributed by atoms with Crippen LogP contribution in [0.15, 0.2) is 0 Å². The third-order valence-corrected chi connectivity index (χ3v) is 3.67. The zero-order valence-corrected chi connectivity index (χ0v) is 10.2. The van der Waals surface area contributed by atoms with Crippen molar-refractivity contribution in [2.75, 3.05) is 6.54 Å². The molecular formula is C12H23NO2. The van der Waals surface area contributed by atoms with Crippen molar-refractivity contribution in [1.29, 1.82) is 0 Å². The molecule has 0 radical (unpaired) electrons. The molecule has 88 valence electrons. The molecule has 0 bridgehead atoms. The molecule has 0 aromatic rings. The van der Waals surface area contributed by atoms with Crippen LogP contribution in [0.4, 0.5) is 0 Å². The van der Waals surface area contributed by atoms with E-state index in [1.165, 1.54) is 0 Å². The fourth-order valence-corrected chi connectivity index (χ4v) is 2.92. The molecular weight excluding hydrogens is 190 g/mol. The SMILES string of the molecule is CC1CC2(CNC(C)C(C)O2)CC(C)O1. The van der Waals surface area contributed by atoms with Crippen LogP contribution < -0.4 is 5.32 Å². The number of nitrogens with one attached hydrogen (secondary N) is 1. The van der Waals surface area contributed by atoms with E-state index in [1.807, 2.05) is 0 Å². The Morgan fingerprint density at radius 3 is 2.20 bits per heavy atom. The van der Waals surface area contributed by atoms with Gasteiger partial charge in [-0.2, -0.15) is 0 Å². The van der Waals surface area contributed by atoms with Gasteiger partial charge in [-0.3, -0.25) is 0 Å². The van der Waals surface area contributed by atoms with E-state index in [0.29, 0.717) is 24.4 Å². The first-order valence-corrected chi connectivity index (χ1v) is 6.07. The van der Waals surface area contributed by atoms with Gasteiger partial charge in [0.25, 0.3) is 0 Å². The van der Waals surface area contributed by atoms with Gasteiger partial charge in [-0.1, -0.05) is 0 Å². The topological polar surface area (TPSA) is 30.5 Å². The van der Waals surface area contributed by atoms with Crippen LogP contribution in [0.3, 0.4) is 0 Å². The highest BCUT2D eigenvalue weighted by Gasteiger charge is 2.43. The van der Waals surface area contributed by atoms with Crippen LogP contribution in [0.25, 0.3) is 0 Å². The van der Waals surface area contributed by atoms with Gasteiger partial charge in [0.05, 0.1) is 23.9 Å². The fraction of sp³-hybridized carbons (Fsp3) is 1.00. The summed E-state index contributed by atoms with van der Waals surface area (Å²) < 4.78 is 12.0. The molecule has 2 aliphatic heterocycles. The third kappa shape index (κ3) is 2.35.